The van der Waals surface area contributed by atoms with Gasteiger partial charge in [-0.1, -0.05) is 47.5 Å². The summed E-state index contributed by atoms with van der Waals surface area (Å²) in [5.74, 6) is 0.481. The summed E-state index contributed by atoms with van der Waals surface area (Å²) in [4.78, 5) is 12.5. The lowest BCUT2D eigenvalue weighted by atomic mass is 10.1. The second-order valence-corrected chi connectivity index (χ2v) is 12.5. The van der Waals surface area contributed by atoms with Gasteiger partial charge in [0, 0.05) is 11.4 Å². The molecule has 14 nitrogen and oxygen atoms in total. The molecule has 0 spiro atoms. The molecule has 0 atom stereocenters. The maximum atomic E-state index is 12.4. The highest BCUT2D eigenvalue weighted by atomic mass is 32.2. The monoisotopic (exact) mass is 674 g/mol. The van der Waals surface area contributed by atoms with E-state index in [9.17, 15) is 18.1 Å². The highest BCUT2D eigenvalue weighted by Crippen LogP contribution is 2.46. The predicted octanol–water partition coefficient (Wildman–Crippen LogP) is 8.80. The van der Waals surface area contributed by atoms with Crippen LogP contribution in [-0.2, 0) is 10.1 Å². The van der Waals surface area contributed by atoms with Crippen molar-refractivity contribution < 1.29 is 18.1 Å². The first-order valence-electron chi connectivity index (χ1n) is 14.8. The first kappa shape index (κ1) is 32.6. The molecular weight excluding hydrogens is 645 g/mol. The van der Waals surface area contributed by atoms with Gasteiger partial charge in [-0.2, -0.15) is 33.6 Å². The molecule has 0 saturated heterocycles. The third-order valence-electron chi connectivity index (χ3n) is 7.24. The van der Waals surface area contributed by atoms with Gasteiger partial charge in [0.2, 0.25) is 11.9 Å². The van der Waals surface area contributed by atoms with Crippen LogP contribution < -0.4 is 16.4 Å². The van der Waals surface area contributed by atoms with Gasteiger partial charge in [0.1, 0.15) is 22.1 Å². The number of aromatic nitrogens is 3. The highest BCUT2D eigenvalue weighted by Gasteiger charge is 2.24. The van der Waals surface area contributed by atoms with Crippen molar-refractivity contribution in [2.45, 2.75) is 25.7 Å². The molecule has 0 aliphatic rings. The van der Waals surface area contributed by atoms with Gasteiger partial charge in [-0.05, 0) is 80.8 Å². The fourth-order valence-electron chi connectivity index (χ4n) is 4.80. The molecule has 0 amide bonds. The average molecular weight is 675 g/mol. The molecule has 0 bridgehead atoms. The number of aryl methyl sites for hydroxylation is 3. The molecule has 5 aromatic carbocycles. The molecule has 49 heavy (non-hydrogen) atoms. The number of rotatable bonds is 9. The standard InChI is InChI=1S/C34H30N10O4S/c1-19-7-12-23(13-8-19)38-33-36-21(3)37-34(40-33)39-25-5-4-6-26(18-25)42-44-31-28(49(46,47)48)17-22-11-16-27(30(35)29(22)32(31)45)43-41-24-14-9-20(2)10-15-24/h4-18,45H,35H2,1-3H3,(H,46,47,48)(H2,36,37,38,39,40)/b43-41+,44-42+. The second kappa shape index (κ2) is 13.4. The fourth-order valence-corrected chi connectivity index (χ4v) is 5.46. The summed E-state index contributed by atoms with van der Waals surface area (Å²) in [6.07, 6.45) is 0. The number of nitrogens with zero attached hydrogens (tertiary/aromatic N) is 7. The number of hydrogen-bond acceptors (Lipinski definition) is 13. The maximum absolute atomic E-state index is 12.4. The Balaban J connectivity index is 1.31. The molecule has 0 aliphatic heterocycles. The lowest BCUT2D eigenvalue weighted by Gasteiger charge is -2.12. The number of anilines is 5. The van der Waals surface area contributed by atoms with Gasteiger partial charge >= 0.3 is 0 Å². The van der Waals surface area contributed by atoms with E-state index in [1.165, 1.54) is 12.1 Å². The summed E-state index contributed by atoms with van der Waals surface area (Å²) in [5, 5.41) is 34.5. The van der Waals surface area contributed by atoms with E-state index in [1.54, 1.807) is 43.3 Å². The number of fused-ring (bicyclic) bond motifs is 1. The summed E-state index contributed by atoms with van der Waals surface area (Å²) >= 11 is 0. The number of aromatic hydroxyl groups is 1. The zero-order valence-electron chi connectivity index (χ0n) is 26.5. The van der Waals surface area contributed by atoms with Crippen molar-refractivity contribution in [3.8, 4) is 5.75 Å². The molecule has 1 aromatic heterocycles. The third kappa shape index (κ3) is 7.64. The molecule has 0 radical (unpaired) electrons. The lowest BCUT2D eigenvalue weighted by molar-refractivity contribution is 0.472. The summed E-state index contributed by atoms with van der Waals surface area (Å²) in [7, 11) is -4.84. The van der Waals surface area contributed by atoms with Crippen LogP contribution in [-0.4, -0.2) is 33.0 Å². The second-order valence-electron chi connectivity index (χ2n) is 11.1. The largest absolute Gasteiger partial charge is 0.505 e. The fraction of sp³-hybridized carbons (Fsp3) is 0.0882. The van der Waals surface area contributed by atoms with E-state index in [1.807, 2.05) is 50.2 Å². The smallest absolute Gasteiger partial charge is 0.296 e. The number of nitrogen functional groups attached to an aromatic ring is 1. The molecule has 15 heteroatoms. The van der Waals surface area contributed by atoms with Crippen LogP contribution in [0.3, 0.4) is 0 Å². The van der Waals surface area contributed by atoms with Gasteiger partial charge in [-0.15, -0.1) is 10.2 Å². The van der Waals surface area contributed by atoms with Crippen LogP contribution in [0.4, 0.5) is 51.7 Å². The maximum Gasteiger partial charge on any atom is 0.296 e. The van der Waals surface area contributed by atoms with Gasteiger partial charge in [0.15, 0.2) is 5.75 Å². The van der Waals surface area contributed by atoms with Crippen molar-refractivity contribution in [2.24, 2.45) is 20.5 Å². The van der Waals surface area contributed by atoms with Gasteiger partial charge < -0.3 is 21.5 Å². The Hall–Kier alpha value is -6.32. The van der Waals surface area contributed by atoms with Crippen molar-refractivity contribution >= 4 is 72.6 Å². The van der Waals surface area contributed by atoms with E-state index in [-0.39, 0.29) is 33.8 Å². The first-order valence-corrected chi connectivity index (χ1v) is 16.3. The quantitative estimate of drug-likeness (QED) is 0.0558. The number of benzene rings is 5. The van der Waals surface area contributed by atoms with Crippen molar-refractivity contribution in [3.05, 3.63) is 108 Å². The van der Waals surface area contributed by atoms with Crippen molar-refractivity contribution in [2.75, 3.05) is 16.4 Å². The van der Waals surface area contributed by atoms with Crippen LogP contribution in [0.25, 0.3) is 10.8 Å². The molecule has 6 rings (SSSR count). The number of phenols is 1. The predicted molar refractivity (Wildman–Crippen MR) is 188 cm³/mol. The lowest BCUT2D eigenvalue weighted by Crippen LogP contribution is -2.05. The Kier molecular flexibility index (Phi) is 8.94. The van der Waals surface area contributed by atoms with Gasteiger partial charge in [-0.25, -0.2) is 0 Å². The van der Waals surface area contributed by atoms with E-state index in [2.05, 4.69) is 46.0 Å². The van der Waals surface area contributed by atoms with E-state index in [0.717, 1.165) is 22.9 Å². The Bertz CT molecular complexity index is 2360. The van der Waals surface area contributed by atoms with Crippen LogP contribution in [0.2, 0.25) is 0 Å². The van der Waals surface area contributed by atoms with E-state index in [4.69, 9.17) is 5.73 Å². The van der Waals surface area contributed by atoms with E-state index in [0.29, 0.717) is 23.1 Å². The van der Waals surface area contributed by atoms with Gasteiger partial charge in [0.05, 0.1) is 22.4 Å². The Labute approximate surface area is 281 Å². The SMILES string of the molecule is Cc1ccc(/N=N/c2ccc3cc(S(=O)(=O)O)c(/N=N/c4cccc(Nc5nc(C)nc(Nc6ccc(C)cc6)n5)c4)c(O)c3c2N)cc1. The Morgan fingerprint density at radius 2 is 1.33 bits per heavy atom. The van der Waals surface area contributed by atoms with Crippen molar-refractivity contribution in [1.82, 2.24) is 15.0 Å². The third-order valence-corrected chi connectivity index (χ3v) is 8.11. The normalized spacial score (nSPS) is 11.8. The molecule has 1 heterocycles. The van der Waals surface area contributed by atoms with Crippen LogP contribution in [0.5, 0.6) is 5.75 Å². The van der Waals surface area contributed by atoms with E-state index >= 15 is 0 Å². The molecule has 0 saturated carbocycles. The van der Waals surface area contributed by atoms with Gasteiger partial charge in [0.25, 0.3) is 10.1 Å². The summed E-state index contributed by atoms with van der Waals surface area (Å²) in [5.41, 5.74) is 10.5. The van der Waals surface area contributed by atoms with Crippen LogP contribution in [0.15, 0.2) is 116 Å². The topological polar surface area (TPSA) is 213 Å². The van der Waals surface area contributed by atoms with Gasteiger partial charge in [-0.3, -0.25) is 4.55 Å². The minimum Gasteiger partial charge on any atom is -0.505 e. The molecular formula is C34H30N10O4S. The number of phenolic OH excluding ortho intramolecular Hbond substituents is 1. The molecule has 0 unspecified atom stereocenters. The molecule has 246 valence electrons. The summed E-state index contributed by atoms with van der Waals surface area (Å²) in [6, 6.07) is 26.0. The number of azo groups is 2. The Morgan fingerprint density at radius 1 is 0.694 bits per heavy atom. The molecule has 6 N–H and O–H groups in total. The minimum atomic E-state index is -4.84. The zero-order valence-corrected chi connectivity index (χ0v) is 27.3. The number of nitrogens with one attached hydrogen (secondary N) is 2. The van der Waals surface area contributed by atoms with Crippen LogP contribution in [0, 0.1) is 20.8 Å². The minimum absolute atomic E-state index is 0.0271. The summed E-state index contributed by atoms with van der Waals surface area (Å²) < 4.78 is 34.8. The van der Waals surface area contributed by atoms with Crippen molar-refractivity contribution in [1.29, 1.82) is 0 Å². The van der Waals surface area contributed by atoms with Crippen molar-refractivity contribution in [3.63, 3.8) is 0 Å². The van der Waals surface area contributed by atoms with E-state index < -0.39 is 26.5 Å². The summed E-state index contributed by atoms with van der Waals surface area (Å²) in [6.45, 7) is 5.69. The number of nitrogens with two attached hydrogens (primary N) is 1. The average Bonchev–Trinajstić information content (AvgIpc) is 3.05. The van der Waals surface area contributed by atoms with Crippen LogP contribution in [0.1, 0.15) is 17.0 Å². The zero-order chi connectivity index (χ0) is 34.7. The molecule has 0 aliphatic carbocycles. The molecule has 6 aromatic rings. The highest BCUT2D eigenvalue weighted by molar-refractivity contribution is 7.86. The molecule has 0 fully saturated rings. The Morgan fingerprint density at radius 3 is 2.00 bits per heavy atom. The number of hydrogen-bond donors (Lipinski definition) is 5. The van der Waals surface area contributed by atoms with Crippen LogP contribution >= 0.6 is 0 Å². The first-order chi connectivity index (χ1) is 23.4.